The van der Waals surface area contributed by atoms with Gasteiger partial charge in [0.1, 0.15) is 5.75 Å². The Hall–Kier alpha value is -2.37. The summed E-state index contributed by atoms with van der Waals surface area (Å²) in [5, 5.41) is 6.56. The number of carbonyl (C=O) groups excluding carboxylic acids is 1. The third-order valence-corrected chi connectivity index (χ3v) is 5.00. The number of rotatable bonds is 8. The molecule has 2 atom stereocenters. The Balaban J connectivity index is 1.77. The highest BCUT2D eigenvalue weighted by Gasteiger charge is 2.32. The third kappa shape index (κ3) is 4.42. The van der Waals surface area contributed by atoms with Gasteiger partial charge < -0.3 is 15.4 Å². The topological polar surface area (TPSA) is 53.6 Å². The molecular formula is C21H27N3O2. The van der Waals surface area contributed by atoms with Gasteiger partial charge in [-0.2, -0.15) is 0 Å². The van der Waals surface area contributed by atoms with Gasteiger partial charge in [-0.25, -0.2) is 0 Å². The number of likely N-dealkylation sites (tertiary alicyclic amines) is 1. The molecule has 1 amide bonds. The van der Waals surface area contributed by atoms with Gasteiger partial charge in [0, 0.05) is 24.7 Å². The van der Waals surface area contributed by atoms with Gasteiger partial charge in [0.15, 0.2) is 0 Å². The van der Waals surface area contributed by atoms with Gasteiger partial charge in [0.25, 0.3) is 0 Å². The Labute approximate surface area is 155 Å². The van der Waals surface area contributed by atoms with E-state index in [0.717, 1.165) is 43.7 Å². The lowest BCUT2D eigenvalue weighted by atomic mass is 9.90. The summed E-state index contributed by atoms with van der Waals surface area (Å²) in [4.78, 5) is 13.1. The summed E-state index contributed by atoms with van der Waals surface area (Å²) in [5.74, 6) is 0.909. The van der Waals surface area contributed by atoms with Gasteiger partial charge in [0.2, 0.25) is 6.41 Å². The molecule has 1 aliphatic heterocycles. The highest BCUT2D eigenvalue weighted by Crippen LogP contribution is 2.31. The lowest BCUT2D eigenvalue weighted by Gasteiger charge is -2.42. The predicted octanol–water partition coefficient (Wildman–Crippen LogP) is 2.69. The molecule has 0 spiro atoms. The first-order valence-electron chi connectivity index (χ1n) is 9.15. The average molecular weight is 353 g/mol. The number of hydrogen-bond acceptors (Lipinski definition) is 4. The number of piperidine rings is 1. The van der Waals surface area contributed by atoms with Gasteiger partial charge in [-0.3, -0.25) is 9.69 Å². The molecule has 0 radical (unpaired) electrons. The number of carbonyl (C=O) groups is 1. The number of ether oxygens (including phenoxy) is 1. The molecule has 0 aromatic heterocycles. The third-order valence-electron chi connectivity index (χ3n) is 5.00. The van der Waals surface area contributed by atoms with Crippen LogP contribution in [-0.2, 0) is 11.3 Å². The lowest BCUT2D eigenvalue weighted by molar-refractivity contribution is -0.110. The first kappa shape index (κ1) is 18.4. The van der Waals surface area contributed by atoms with E-state index in [2.05, 4.69) is 45.9 Å². The number of hydrogen-bond donors (Lipinski definition) is 2. The van der Waals surface area contributed by atoms with Crippen molar-refractivity contribution >= 4 is 6.41 Å². The highest BCUT2D eigenvalue weighted by atomic mass is 16.5. The number of amides is 1. The van der Waals surface area contributed by atoms with Gasteiger partial charge >= 0.3 is 0 Å². The zero-order valence-corrected chi connectivity index (χ0v) is 15.2. The molecule has 3 rings (SSSR count). The maximum absolute atomic E-state index is 10.8. The minimum atomic E-state index is 0.229. The van der Waals surface area contributed by atoms with Crippen molar-refractivity contribution < 1.29 is 9.53 Å². The van der Waals surface area contributed by atoms with Crippen molar-refractivity contribution in [2.24, 2.45) is 0 Å². The molecule has 26 heavy (non-hydrogen) atoms. The zero-order valence-electron chi connectivity index (χ0n) is 15.2. The number of nitrogens with zero attached hydrogens (tertiary/aromatic N) is 1. The molecular weight excluding hydrogens is 326 g/mol. The fourth-order valence-corrected chi connectivity index (χ4v) is 3.79. The molecule has 2 aromatic carbocycles. The molecule has 0 bridgehead atoms. The number of para-hydroxylation sites is 1. The van der Waals surface area contributed by atoms with Crippen LogP contribution in [0, 0.1) is 0 Å². The van der Waals surface area contributed by atoms with Crippen LogP contribution in [0.2, 0.25) is 0 Å². The summed E-state index contributed by atoms with van der Waals surface area (Å²) in [6.45, 7) is 2.30. The van der Waals surface area contributed by atoms with E-state index in [0.29, 0.717) is 12.7 Å². The van der Waals surface area contributed by atoms with Crippen LogP contribution in [0.4, 0.5) is 0 Å². The van der Waals surface area contributed by atoms with Crippen LogP contribution in [0.15, 0.2) is 54.6 Å². The van der Waals surface area contributed by atoms with Gasteiger partial charge in [0.05, 0.1) is 19.8 Å². The minimum Gasteiger partial charge on any atom is -0.496 e. The molecule has 138 valence electrons. The van der Waals surface area contributed by atoms with Crippen LogP contribution in [-0.4, -0.2) is 37.7 Å². The van der Waals surface area contributed by atoms with E-state index >= 15 is 0 Å². The normalized spacial score (nSPS) is 20.5. The van der Waals surface area contributed by atoms with Crippen LogP contribution in [0.25, 0.3) is 0 Å². The Kier molecular flexibility index (Phi) is 6.63. The number of methoxy groups -OCH3 is 1. The van der Waals surface area contributed by atoms with E-state index in [1.165, 1.54) is 5.56 Å². The molecule has 0 unspecified atom stereocenters. The molecule has 5 nitrogen and oxygen atoms in total. The van der Waals surface area contributed by atoms with E-state index in [4.69, 9.17) is 4.74 Å². The van der Waals surface area contributed by atoms with E-state index in [9.17, 15) is 4.79 Å². The van der Waals surface area contributed by atoms with Crippen LogP contribution in [0.3, 0.4) is 0 Å². The fourth-order valence-electron chi connectivity index (χ4n) is 3.79. The summed E-state index contributed by atoms with van der Waals surface area (Å²) in [7, 11) is 1.71. The number of benzene rings is 2. The van der Waals surface area contributed by atoms with E-state index < -0.39 is 0 Å². The van der Waals surface area contributed by atoms with Crippen molar-refractivity contribution in [1.82, 2.24) is 15.5 Å². The molecule has 0 saturated carbocycles. The summed E-state index contributed by atoms with van der Waals surface area (Å²) >= 11 is 0. The molecule has 1 heterocycles. The second-order valence-electron chi connectivity index (χ2n) is 6.59. The first-order valence-corrected chi connectivity index (χ1v) is 9.15. The van der Waals surface area contributed by atoms with Crippen molar-refractivity contribution in [2.45, 2.75) is 31.5 Å². The van der Waals surface area contributed by atoms with Crippen LogP contribution >= 0.6 is 0 Å². The second kappa shape index (κ2) is 9.36. The highest BCUT2D eigenvalue weighted by molar-refractivity contribution is 5.45. The van der Waals surface area contributed by atoms with Gasteiger partial charge in [-0.15, -0.1) is 0 Å². The predicted molar refractivity (Wildman–Crippen MR) is 103 cm³/mol. The maximum atomic E-state index is 10.8. The van der Waals surface area contributed by atoms with Crippen LogP contribution in [0.5, 0.6) is 5.75 Å². The van der Waals surface area contributed by atoms with Crippen molar-refractivity contribution in [3.63, 3.8) is 0 Å². The summed E-state index contributed by atoms with van der Waals surface area (Å²) in [5.41, 5.74) is 2.43. The van der Waals surface area contributed by atoms with Crippen molar-refractivity contribution in [1.29, 1.82) is 0 Å². The molecule has 0 aliphatic carbocycles. The van der Waals surface area contributed by atoms with Crippen LogP contribution in [0.1, 0.15) is 30.0 Å². The Morgan fingerprint density at radius 2 is 1.92 bits per heavy atom. The first-order chi connectivity index (χ1) is 12.8. The smallest absolute Gasteiger partial charge is 0.208 e. The van der Waals surface area contributed by atoms with Crippen molar-refractivity contribution in [3.8, 4) is 5.75 Å². The molecule has 1 aliphatic rings. The quantitative estimate of drug-likeness (QED) is 0.717. The molecule has 1 saturated heterocycles. The average Bonchev–Trinajstić information content (AvgIpc) is 2.71. The van der Waals surface area contributed by atoms with E-state index in [1.54, 1.807) is 7.11 Å². The summed E-state index contributed by atoms with van der Waals surface area (Å²) < 4.78 is 5.47. The largest absolute Gasteiger partial charge is 0.496 e. The van der Waals surface area contributed by atoms with Crippen molar-refractivity contribution in [2.75, 3.05) is 20.3 Å². The zero-order chi connectivity index (χ0) is 18.2. The fraction of sp³-hybridized carbons (Fsp3) is 0.381. The molecule has 1 fully saturated rings. The SMILES string of the molecule is COc1ccccc1CN[C@@H]1CCCN(CNC=O)[C@@H]1c1ccccc1. The van der Waals surface area contributed by atoms with E-state index in [1.807, 2.05) is 24.3 Å². The van der Waals surface area contributed by atoms with E-state index in [-0.39, 0.29) is 6.04 Å². The molecule has 2 aromatic rings. The number of nitrogens with one attached hydrogen (secondary N) is 2. The molecule has 2 N–H and O–H groups in total. The van der Waals surface area contributed by atoms with Crippen molar-refractivity contribution in [3.05, 3.63) is 65.7 Å². The van der Waals surface area contributed by atoms with Crippen LogP contribution < -0.4 is 15.4 Å². The Morgan fingerprint density at radius 3 is 2.69 bits per heavy atom. The van der Waals surface area contributed by atoms with Gasteiger partial charge in [-0.05, 0) is 24.5 Å². The minimum absolute atomic E-state index is 0.229. The monoisotopic (exact) mass is 353 g/mol. The Bertz CT molecular complexity index is 693. The maximum Gasteiger partial charge on any atom is 0.208 e. The summed E-state index contributed by atoms with van der Waals surface area (Å²) in [6.07, 6.45) is 2.98. The van der Waals surface area contributed by atoms with Gasteiger partial charge in [-0.1, -0.05) is 48.5 Å². The summed E-state index contributed by atoms with van der Waals surface area (Å²) in [6, 6.07) is 19.2. The lowest BCUT2D eigenvalue weighted by Crippen LogP contribution is -2.50. The molecule has 5 heteroatoms. The second-order valence-corrected chi connectivity index (χ2v) is 6.59. The standard InChI is InChI=1S/C21H27N3O2/c1-26-20-12-6-5-10-18(20)14-23-19-11-7-13-24(15-22-16-25)21(19)17-8-3-2-4-9-17/h2-6,8-10,12,16,19,21,23H,7,11,13-15H2,1H3,(H,22,25)/t19-,21-/m1/s1. The Morgan fingerprint density at radius 1 is 1.15 bits per heavy atom.